The molecule has 0 unspecified atom stereocenters. The number of hydrogen-bond donors (Lipinski definition) is 1. The van der Waals surface area contributed by atoms with E-state index in [0.29, 0.717) is 10.1 Å². The summed E-state index contributed by atoms with van der Waals surface area (Å²) < 4.78 is 0. The molecule has 0 bridgehead atoms. The number of aromatic nitrogens is 2. The van der Waals surface area contributed by atoms with Crippen molar-refractivity contribution >= 4 is 33.6 Å². The molecule has 108 valence electrons. The van der Waals surface area contributed by atoms with Gasteiger partial charge in [-0.05, 0) is 25.5 Å². The standard InChI is InChI=1S/C13H12N4O3S/c1-3-8(2)12-15-16-13(21-12)14-11(18)9-5-4-6-10(7-9)17(19)20/h3-7H,1-2H3,(H,14,16,18)/b8-3-. The highest BCUT2D eigenvalue weighted by atomic mass is 32.1. The van der Waals surface area contributed by atoms with E-state index in [1.54, 1.807) is 0 Å². The summed E-state index contributed by atoms with van der Waals surface area (Å²) in [4.78, 5) is 22.2. The molecular weight excluding hydrogens is 292 g/mol. The van der Waals surface area contributed by atoms with Crippen LogP contribution in [0.2, 0.25) is 0 Å². The van der Waals surface area contributed by atoms with E-state index in [0.717, 1.165) is 5.57 Å². The maximum absolute atomic E-state index is 12.0. The van der Waals surface area contributed by atoms with E-state index >= 15 is 0 Å². The van der Waals surface area contributed by atoms with Gasteiger partial charge in [-0.15, -0.1) is 10.2 Å². The molecule has 1 aromatic carbocycles. The van der Waals surface area contributed by atoms with Gasteiger partial charge in [-0.3, -0.25) is 20.2 Å². The first-order valence-corrected chi connectivity index (χ1v) is 6.85. The molecule has 7 nitrogen and oxygen atoms in total. The predicted octanol–water partition coefficient (Wildman–Crippen LogP) is 3.12. The molecule has 1 heterocycles. The lowest BCUT2D eigenvalue weighted by atomic mass is 10.2. The van der Waals surface area contributed by atoms with Crippen LogP contribution in [0.15, 0.2) is 30.3 Å². The number of nitrogens with zero attached hydrogens (tertiary/aromatic N) is 3. The van der Waals surface area contributed by atoms with E-state index < -0.39 is 10.8 Å². The van der Waals surface area contributed by atoms with Gasteiger partial charge in [0.25, 0.3) is 11.6 Å². The molecule has 0 aliphatic heterocycles. The smallest absolute Gasteiger partial charge is 0.270 e. The summed E-state index contributed by atoms with van der Waals surface area (Å²) in [7, 11) is 0. The summed E-state index contributed by atoms with van der Waals surface area (Å²) in [6.45, 7) is 3.78. The molecule has 0 saturated heterocycles. The summed E-state index contributed by atoms with van der Waals surface area (Å²) in [5, 5.41) is 22.2. The fraction of sp³-hybridized carbons (Fsp3) is 0.154. The number of carbonyl (C=O) groups is 1. The summed E-state index contributed by atoms with van der Waals surface area (Å²) in [5.41, 5.74) is 1.03. The number of nitrogens with one attached hydrogen (secondary N) is 1. The second kappa shape index (κ2) is 6.23. The Balaban J connectivity index is 2.16. The Morgan fingerprint density at radius 1 is 1.43 bits per heavy atom. The van der Waals surface area contributed by atoms with Crippen molar-refractivity contribution in [3.63, 3.8) is 0 Å². The molecule has 0 fully saturated rings. The van der Waals surface area contributed by atoms with E-state index in [1.165, 1.54) is 35.6 Å². The summed E-state index contributed by atoms with van der Waals surface area (Å²) in [5.74, 6) is -0.459. The van der Waals surface area contributed by atoms with Crippen molar-refractivity contribution in [2.24, 2.45) is 0 Å². The Morgan fingerprint density at radius 2 is 2.19 bits per heavy atom. The number of hydrogen-bond acceptors (Lipinski definition) is 6. The third-order valence-electron chi connectivity index (χ3n) is 2.73. The molecule has 1 N–H and O–H groups in total. The first kappa shape index (κ1) is 14.8. The number of non-ortho nitro benzene ring substituents is 1. The number of nitro benzene ring substituents is 1. The monoisotopic (exact) mass is 304 g/mol. The maximum atomic E-state index is 12.0. The first-order chi connectivity index (χ1) is 10.0. The minimum Gasteiger partial charge on any atom is -0.296 e. The lowest BCUT2D eigenvalue weighted by Gasteiger charge is -2.00. The highest BCUT2D eigenvalue weighted by molar-refractivity contribution is 7.16. The Morgan fingerprint density at radius 3 is 2.86 bits per heavy atom. The largest absolute Gasteiger partial charge is 0.296 e. The van der Waals surface area contributed by atoms with Gasteiger partial charge in [0.2, 0.25) is 5.13 Å². The van der Waals surface area contributed by atoms with Crippen LogP contribution in [-0.4, -0.2) is 21.0 Å². The zero-order valence-corrected chi connectivity index (χ0v) is 12.2. The van der Waals surface area contributed by atoms with Crippen LogP contribution in [0.3, 0.4) is 0 Å². The van der Waals surface area contributed by atoms with Crippen LogP contribution in [0.4, 0.5) is 10.8 Å². The van der Waals surface area contributed by atoms with E-state index in [4.69, 9.17) is 0 Å². The number of rotatable bonds is 4. The van der Waals surface area contributed by atoms with Gasteiger partial charge in [0.05, 0.1) is 4.92 Å². The number of amides is 1. The second-order valence-electron chi connectivity index (χ2n) is 4.15. The second-order valence-corrected chi connectivity index (χ2v) is 5.12. The Labute approximate surface area is 124 Å². The predicted molar refractivity (Wildman–Crippen MR) is 80.3 cm³/mol. The van der Waals surface area contributed by atoms with Crippen molar-refractivity contribution in [3.8, 4) is 0 Å². The Hall–Kier alpha value is -2.61. The van der Waals surface area contributed by atoms with Crippen LogP contribution in [-0.2, 0) is 0 Å². The van der Waals surface area contributed by atoms with Gasteiger partial charge in [0.1, 0.15) is 5.01 Å². The van der Waals surface area contributed by atoms with E-state index in [-0.39, 0.29) is 11.3 Å². The molecule has 1 amide bonds. The van der Waals surface area contributed by atoms with E-state index in [2.05, 4.69) is 15.5 Å². The van der Waals surface area contributed by atoms with Crippen LogP contribution >= 0.6 is 11.3 Å². The zero-order chi connectivity index (χ0) is 15.4. The normalized spacial score (nSPS) is 11.2. The van der Waals surface area contributed by atoms with Crippen molar-refractivity contribution in [1.29, 1.82) is 0 Å². The molecule has 21 heavy (non-hydrogen) atoms. The number of allylic oxidation sites excluding steroid dienone is 2. The van der Waals surface area contributed by atoms with Crippen molar-refractivity contribution < 1.29 is 9.72 Å². The van der Waals surface area contributed by atoms with Crippen LogP contribution in [0.5, 0.6) is 0 Å². The van der Waals surface area contributed by atoms with Gasteiger partial charge in [-0.25, -0.2) is 0 Å². The Kier molecular flexibility index (Phi) is 4.39. The van der Waals surface area contributed by atoms with Crippen LogP contribution < -0.4 is 5.32 Å². The summed E-state index contributed by atoms with van der Waals surface area (Å²) >= 11 is 1.24. The van der Waals surface area contributed by atoms with Crippen LogP contribution in [0.1, 0.15) is 29.2 Å². The number of anilines is 1. The molecule has 0 saturated carbocycles. The van der Waals surface area contributed by atoms with E-state index in [9.17, 15) is 14.9 Å². The molecule has 0 spiro atoms. The molecule has 0 radical (unpaired) electrons. The number of benzene rings is 1. The SMILES string of the molecule is C/C=C(/C)c1nnc(NC(=O)c2cccc([N+](=O)[O-])c2)s1. The molecule has 2 rings (SSSR count). The minimum absolute atomic E-state index is 0.134. The first-order valence-electron chi connectivity index (χ1n) is 6.04. The van der Waals surface area contributed by atoms with E-state index in [1.807, 2.05) is 19.9 Å². The molecule has 0 aliphatic carbocycles. The van der Waals surface area contributed by atoms with Gasteiger partial charge in [0.15, 0.2) is 0 Å². The van der Waals surface area contributed by atoms with Crippen molar-refractivity contribution in [1.82, 2.24) is 10.2 Å². The number of carbonyl (C=O) groups excluding carboxylic acids is 1. The molecule has 1 aromatic heterocycles. The average Bonchev–Trinajstić information content (AvgIpc) is 2.95. The van der Waals surface area contributed by atoms with Crippen molar-refractivity contribution in [2.75, 3.05) is 5.32 Å². The lowest BCUT2D eigenvalue weighted by Crippen LogP contribution is -2.11. The van der Waals surface area contributed by atoms with Crippen LogP contribution in [0, 0.1) is 10.1 Å². The minimum atomic E-state index is -0.546. The van der Waals surface area contributed by atoms with Crippen molar-refractivity contribution in [2.45, 2.75) is 13.8 Å². The molecule has 0 aliphatic rings. The quantitative estimate of drug-likeness (QED) is 0.691. The maximum Gasteiger partial charge on any atom is 0.270 e. The number of nitro groups is 1. The topological polar surface area (TPSA) is 98.0 Å². The van der Waals surface area contributed by atoms with Gasteiger partial charge in [-0.2, -0.15) is 0 Å². The average molecular weight is 304 g/mol. The van der Waals surface area contributed by atoms with Crippen LogP contribution in [0.25, 0.3) is 5.57 Å². The fourth-order valence-electron chi connectivity index (χ4n) is 1.49. The molecule has 0 atom stereocenters. The molecule has 2 aromatic rings. The fourth-order valence-corrected chi connectivity index (χ4v) is 2.26. The van der Waals surface area contributed by atoms with Crippen molar-refractivity contribution in [3.05, 3.63) is 51.0 Å². The molecule has 8 heteroatoms. The molecular formula is C13H12N4O3S. The van der Waals surface area contributed by atoms with Gasteiger partial charge in [0, 0.05) is 17.7 Å². The van der Waals surface area contributed by atoms with Gasteiger partial charge >= 0.3 is 0 Å². The summed E-state index contributed by atoms with van der Waals surface area (Å²) in [6.07, 6.45) is 1.90. The van der Waals surface area contributed by atoms with Gasteiger partial charge < -0.3 is 0 Å². The lowest BCUT2D eigenvalue weighted by molar-refractivity contribution is -0.384. The highest BCUT2D eigenvalue weighted by Gasteiger charge is 2.14. The Bertz CT molecular complexity index is 724. The highest BCUT2D eigenvalue weighted by Crippen LogP contribution is 2.23. The zero-order valence-electron chi connectivity index (χ0n) is 11.4. The summed E-state index contributed by atoms with van der Waals surface area (Å²) in [6, 6.07) is 5.51. The third-order valence-corrected chi connectivity index (χ3v) is 3.71. The van der Waals surface area contributed by atoms with Gasteiger partial charge in [-0.1, -0.05) is 23.5 Å². The third kappa shape index (κ3) is 3.48.